The molecule has 0 aliphatic carbocycles. The van der Waals surface area contributed by atoms with E-state index in [1.807, 2.05) is 26.8 Å². The first kappa shape index (κ1) is 21.6. The number of halogens is 1. The van der Waals surface area contributed by atoms with Gasteiger partial charge in [-0.1, -0.05) is 24.9 Å². The molecule has 3 rings (SSSR count). The second-order valence-electron chi connectivity index (χ2n) is 6.95. The summed E-state index contributed by atoms with van der Waals surface area (Å²) < 4.78 is 8.16. The van der Waals surface area contributed by atoms with Crippen LogP contribution < -0.4 is 15.6 Å². The molecule has 1 aromatic carbocycles. The first-order valence-corrected chi connectivity index (χ1v) is 9.98. The number of carbonyl (C=O) groups excluding carboxylic acids is 1. The van der Waals surface area contributed by atoms with E-state index in [4.69, 9.17) is 16.3 Å². The zero-order valence-corrected chi connectivity index (χ0v) is 18.2. The zero-order valence-electron chi connectivity index (χ0n) is 17.4. The molecule has 0 fully saturated rings. The molecule has 0 radical (unpaired) electrons. The van der Waals surface area contributed by atoms with E-state index in [0.29, 0.717) is 34.5 Å². The summed E-state index contributed by atoms with van der Waals surface area (Å²) >= 11 is 6.03. The molecular weight excluding hydrogens is 406 g/mol. The van der Waals surface area contributed by atoms with Crippen molar-refractivity contribution < 1.29 is 9.53 Å². The average Bonchev–Trinajstić information content (AvgIpc) is 3.02. The number of anilines is 1. The summed E-state index contributed by atoms with van der Waals surface area (Å²) in [7, 11) is 1.50. The van der Waals surface area contributed by atoms with Crippen LogP contribution in [0.4, 0.5) is 5.69 Å². The van der Waals surface area contributed by atoms with Crippen LogP contribution in [0.2, 0.25) is 5.02 Å². The van der Waals surface area contributed by atoms with Gasteiger partial charge < -0.3 is 10.1 Å². The molecule has 2 heterocycles. The lowest BCUT2D eigenvalue weighted by atomic mass is 10.2. The third-order valence-electron chi connectivity index (χ3n) is 4.48. The van der Waals surface area contributed by atoms with Crippen LogP contribution in [-0.4, -0.2) is 32.3 Å². The van der Waals surface area contributed by atoms with Gasteiger partial charge in [0.2, 0.25) is 11.9 Å². The Hall–Kier alpha value is -3.13. The molecule has 158 valence electrons. The largest absolute Gasteiger partial charge is 0.495 e. The van der Waals surface area contributed by atoms with E-state index in [9.17, 15) is 9.59 Å². The summed E-state index contributed by atoms with van der Waals surface area (Å²) in [4.78, 5) is 30.2. The Morgan fingerprint density at radius 2 is 2.00 bits per heavy atom. The number of hydrogen-bond acceptors (Lipinski definition) is 5. The van der Waals surface area contributed by atoms with Crippen molar-refractivity contribution in [3.05, 3.63) is 62.8 Å². The number of nitrogens with one attached hydrogen (secondary N) is 1. The SMILES string of the molecule is CCCc1cc(=O)n(CC(=O)Nc2cc(Cl)ccc2OC)c(-n2nc(C)cc2C)n1. The average molecular weight is 430 g/mol. The fourth-order valence-electron chi connectivity index (χ4n) is 3.18. The lowest BCUT2D eigenvalue weighted by molar-refractivity contribution is -0.116. The number of aromatic nitrogens is 4. The van der Waals surface area contributed by atoms with Crippen LogP contribution in [0.5, 0.6) is 5.75 Å². The van der Waals surface area contributed by atoms with E-state index in [-0.39, 0.29) is 12.1 Å². The minimum atomic E-state index is -0.412. The summed E-state index contributed by atoms with van der Waals surface area (Å²) in [5.41, 5.74) is 2.38. The number of benzene rings is 1. The molecule has 0 unspecified atom stereocenters. The predicted octanol–water partition coefficient (Wildman–Crippen LogP) is 3.30. The molecule has 3 aromatic rings. The molecular formula is C21H24ClN5O3. The van der Waals surface area contributed by atoms with E-state index >= 15 is 0 Å². The van der Waals surface area contributed by atoms with Crippen LogP contribution in [0.1, 0.15) is 30.4 Å². The van der Waals surface area contributed by atoms with Crippen molar-refractivity contribution in [1.82, 2.24) is 19.3 Å². The maximum atomic E-state index is 12.8. The molecule has 1 amide bonds. The number of methoxy groups -OCH3 is 1. The highest BCUT2D eigenvalue weighted by molar-refractivity contribution is 6.31. The molecule has 0 atom stereocenters. The zero-order chi connectivity index (χ0) is 21.8. The van der Waals surface area contributed by atoms with Gasteiger partial charge >= 0.3 is 0 Å². The van der Waals surface area contributed by atoms with E-state index in [2.05, 4.69) is 15.4 Å². The Kier molecular flexibility index (Phi) is 6.56. The summed E-state index contributed by atoms with van der Waals surface area (Å²) in [6, 6.07) is 8.27. The van der Waals surface area contributed by atoms with Crippen molar-refractivity contribution in [2.75, 3.05) is 12.4 Å². The Morgan fingerprint density at radius 1 is 1.23 bits per heavy atom. The lowest BCUT2D eigenvalue weighted by Gasteiger charge is -2.15. The lowest BCUT2D eigenvalue weighted by Crippen LogP contribution is -2.32. The van der Waals surface area contributed by atoms with Crippen LogP contribution in [0.25, 0.3) is 5.95 Å². The Morgan fingerprint density at radius 3 is 2.63 bits per heavy atom. The maximum Gasteiger partial charge on any atom is 0.255 e. The first-order valence-electron chi connectivity index (χ1n) is 9.60. The molecule has 8 nitrogen and oxygen atoms in total. The van der Waals surface area contributed by atoms with E-state index in [1.54, 1.807) is 22.9 Å². The Balaban J connectivity index is 1.99. The van der Waals surface area contributed by atoms with Crippen LogP contribution in [0.15, 0.2) is 35.1 Å². The molecule has 0 aliphatic heterocycles. The second kappa shape index (κ2) is 9.13. The summed E-state index contributed by atoms with van der Waals surface area (Å²) in [6.45, 7) is 5.52. The van der Waals surface area contributed by atoms with Gasteiger partial charge in [0.25, 0.3) is 5.56 Å². The van der Waals surface area contributed by atoms with E-state index in [1.165, 1.54) is 17.7 Å². The van der Waals surface area contributed by atoms with Crippen molar-refractivity contribution in [1.29, 1.82) is 0 Å². The topological polar surface area (TPSA) is 91.0 Å². The molecule has 2 aromatic heterocycles. The van der Waals surface area contributed by atoms with Crippen molar-refractivity contribution in [3.63, 3.8) is 0 Å². The van der Waals surface area contributed by atoms with Crippen LogP contribution in [0.3, 0.4) is 0 Å². The fraction of sp³-hybridized carbons (Fsp3) is 0.333. The van der Waals surface area contributed by atoms with Crippen LogP contribution >= 0.6 is 11.6 Å². The molecule has 0 bridgehead atoms. The smallest absolute Gasteiger partial charge is 0.255 e. The van der Waals surface area contributed by atoms with Crippen molar-refractivity contribution in [2.45, 2.75) is 40.2 Å². The Labute approximate surface area is 179 Å². The monoisotopic (exact) mass is 429 g/mol. The highest BCUT2D eigenvalue weighted by Crippen LogP contribution is 2.27. The van der Waals surface area contributed by atoms with Crippen LogP contribution in [0, 0.1) is 13.8 Å². The highest BCUT2D eigenvalue weighted by Gasteiger charge is 2.17. The highest BCUT2D eigenvalue weighted by atomic mass is 35.5. The number of rotatable bonds is 7. The molecule has 0 saturated carbocycles. The number of carbonyl (C=O) groups is 1. The van der Waals surface area contributed by atoms with Gasteiger partial charge in [-0.25, -0.2) is 9.67 Å². The summed E-state index contributed by atoms with van der Waals surface area (Å²) in [5.74, 6) is 0.366. The number of nitrogens with zero attached hydrogens (tertiary/aromatic N) is 4. The third kappa shape index (κ3) is 4.71. The van der Waals surface area contributed by atoms with Gasteiger partial charge in [0.05, 0.1) is 18.5 Å². The van der Waals surface area contributed by atoms with Gasteiger partial charge in [0.1, 0.15) is 12.3 Å². The molecule has 0 spiro atoms. The molecule has 9 heteroatoms. The van der Waals surface area contributed by atoms with Crippen molar-refractivity contribution >= 4 is 23.2 Å². The number of aryl methyl sites for hydroxylation is 3. The van der Waals surface area contributed by atoms with Gasteiger partial charge in [-0.05, 0) is 44.5 Å². The summed E-state index contributed by atoms with van der Waals surface area (Å²) in [6.07, 6.45) is 1.51. The van der Waals surface area contributed by atoms with E-state index in [0.717, 1.165) is 17.8 Å². The third-order valence-corrected chi connectivity index (χ3v) is 4.72. The first-order chi connectivity index (χ1) is 14.3. The van der Waals surface area contributed by atoms with Gasteiger partial charge in [-0.3, -0.25) is 14.2 Å². The fourth-order valence-corrected chi connectivity index (χ4v) is 3.35. The molecule has 0 aliphatic rings. The number of amides is 1. The maximum absolute atomic E-state index is 12.8. The van der Waals surface area contributed by atoms with E-state index < -0.39 is 5.91 Å². The van der Waals surface area contributed by atoms with Crippen LogP contribution in [-0.2, 0) is 17.8 Å². The minimum absolute atomic E-state index is 0.235. The molecule has 1 N–H and O–H groups in total. The Bertz CT molecular complexity index is 1140. The second-order valence-corrected chi connectivity index (χ2v) is 7.39. The standard InChI is InChI=1S/C21H24ClN5O3/c1-5-6-16-11-20(29)26(21(23-16)27-14(3)9-13(2)25-27)12-19(28)24-17-10-15(22)7-8-18(17)30-4/h7-11H,5-6,12H2,1-4H3,(H,24,28). The summed E-state index contributed by atoms with van der Waals surface area (Å²) in [5, 5.41) is 7.65. The predicted molar refractivity (Wildman–Crippen MR) is 116 cm³/mol. The van der Waals surface area contributed by atoms with Gasteiger partial charge in [0, 0.05) is 22.5 Å². The van der Waals surface area contributed by atoms with Gasteiger partial charge in [0.15, 0.2) is 0 Å². The van der Waals surface area contributed by atoms with Gasteiger partial charge in [-0.2, -0.15) is 5.10 Å². The normalized spacial score (nSPS) is 10.8. The van der Waals surface area contributed by atoms with Crippen molar-refractivity contribution in [2.24, 2.45) is 0 Å². The number of hydrogen-bond donors (Lipinski definition) is 1. The molecule has 0 saturated heterocycles. The number of ether oxygens (including phenoxy) is 1. The molecule has 30 heavy (non-hydrogen) atoms. The van der Waals surface area contributed by atoms with Gasteiger partial charge in [-0.15, -0.1) is 0 Å². The minimum Gasteiger partial charge on any atom is -0.495 e. The quantitative estimate of drug-likeness (QED) is 0.622. The van der Waals surface area contributed by atoms with Crippen molar-refractivity contribution in [3.8, 4) is 11.7 Å².